The van der Waals surface area contributed by atoms with Crippen molar-refractivity contribution >= 4 is 40.9 Å². The minimum Gasteiger partial charge on any atom is -0.481 e. The predicted molar refractivity (Wildman–Crippen MR) is 162 cm³/mol. The van der Waals surface area contributed by atoms with Crippen molar-refractivity contribution in [2.75, 3.05) is 22.5 Å². The Morgan fingerprint density at radius 3 is 2.14 bits per heavy atom. The van der Waals surface area contributed by atoms with Gasteiger partial charge in [0, 0.05) is 35.7 Å². The Morgan fingerprint density at radius 2 is 1.43 bits per heavy atom. The number of hydrogen-bond donors (Lipinski definition) is 4. The second kappa shape index (κ2) is 14.3. The Hall–Kier alpha value is -5.44. The molecule has 0 saturated heterocycles. The van der Waals surface area contributed by atoms with Crippen LogP contribution in [-0.2, 0) is 22.6 Å². The summed E-state index contributed by atoms with van der Waals surface area (Å²) in [5.41, 5.74) is 4.83. The number of aryl methyl sites for hydroxylation is 1. The van der Waals surface area contributed by atoms with Crippen LogP contribution < -0.4 is 16.0 Å². The number of hydrogen-bond acceptors (Lipinski definition) is 4. The van der Waals surface area contributed by atoms with Crippen LogP contribution >= 0.6 is 0 Å². The molecule has 9 heteroatoms. The van der Waals surface area contributed by atoms with Crippen molar-refractivity contribution in [3.05, 3.63) is 125 Å². The van der Waals surface area contributed by atoms with E-state index in [4.69, 9.17) is 5.11 Å². The van der Waals surface area contributed by atoms with Gasteiger partial charge in [-0.05, 0) is 66.1 Å². The molecule has 4 N–H and O–H groups in total. The highest BCUT2D eigenvalue weighted by atomic mass is 16.4. The first kappa shape index (κ1) is 29.5. The molecule has 0 aliphatic heterocycles. The Labute approximate surface area is 244 Å². The highest BCUT2D eigenvalue weighted by Gasteiger charge is 2.17. The van der Waals surface area contributed by atoms with Crippen LogP contribution in [0.3, 0.4) is 0 Å². The molecule has 4 aromatic carbocycles. The molecule has 9 nitrogen and oxygen atoms in total. The lowest BCUT2D eigenvalue weighted by Crippen LogP contribution is -2.32. The molecule has 0 fully saturated rings. The average Bonchev–Trinajstić information content (AvgIpc) is 2.97. The average molecular weight is 565 g/mol. The van der Waals surface area contributed by atoms with Crippen LogP contribution in [0.15, 0.2) is 103 Å². The molecule has 0 aromatic heterocycles. The van der Waals surface area contributed by atoms with Gasteiger partial charge in [-0.2, -0.15) is 0 Å². The van der Waals surface area contributed by atoms with E-state index in [1.807, 2.05) is 43.3 Å². The second-order valence-electron chi connectivity index (χ2n) is 9.75. The molecule has 0 aliphatic rings. The van der Waals surface area contributed by atoms with Crippen LogP contribution in [0.25, 0.3) is 0 Å². The number of carbonyl (C=O) groups excluding carboxylic acids is 3. The van der Waals surface area contributed by atoms with Gasteiger partial charge >= 0.3 is 12.0 Å². The Morgan fingerprint density at radius 1 is 0.714 bits per heavy atom. The quantitative estimate of drug-likeness (QED) is 0.179. The van der Waals surface area contributed by atoms with E-state index < -0.39 is 5.97 Å². The Balaban J connectivity index is 1.33. The largest absolute Gasteiger partial charge is 0.481 e. The van der Waals surface area contributed by atoms with E-state index >= 15 is 0 Å². The summed E-state index contributed by atoms with van der Waals surface area (Å²) < 4.78 is 0. The number of para-hydroxylation sites is 1. The molecule has 42 heavy (non-hydrogen) atoms. The lowest BCUT2D eigenvalue weighted by molar-refractivity contribution is -0.137. The smallest absolute Gasteiger partial charge is 0.323 e. The number of urea groups is 1. The molecule has 0 atom stereocenters. The van der Waals surface area contributed by atoms with Crippen LogP contribution in [0.5, 0.6) is 0 Å². The summed E-state index contributed by atoms with van der Waals surface area (Å²) in [5, 5.41) is 17.6. The first-order valence-corrected chi connectivity index (χ1v) is 13.4. The second-order valence-corrected chi connectivity index (χ2v) is 9.75. The van der Waals surface area contributed by atoms with Gasteiger partial charge in [0.15, 0.2) is 0 Å². The zero-order chi connectivity index (χ0) is 29.9. The number of anilines is 3. The van der Waals surface area contributed by atoms with Gasteiger partial charge in [0.1, 0.15) is 0 Å². The van der Waals surface area contributed by atoms with E-state index in [-0.39, 0.29) is 43.8 Å². The lowest BCUT2D eigenvalue weighted by Gasteiger charge is -2.22. The van der Waals surface area contributed by atoms with E-state index in [1.54, 1.807) is 66.7 Å². The van der Waals surface area contributed by atoms with Crippen molar-refractivity contribution in [2.45, 2.75) is 26.3 Å². The van der Waals surface area contributed by atoms with Gasteiger partial charge in [0.25, 0.3) is 5.91 Å². The third-order valence-corrected chi connectivity index (χ3v) is 6.46. The van der Waals surface area contributed by atoms with Gasteiger partial charge in [-0.1, -0.05) is 60.7 Å². The lowest BCUT2D eigenvalue weighted by atomic mass is 10.1. The number of amides is 4. The Bertz CT molecular complexity index is 1550. The molecule has 0 unspecified atom stereocenters. The Kier molecular flexibility index (Phi) is 10.0. The highest BCUT2D eigenvalue weighted by Crippen LogP contribution is 2.18. The highest BCUT2D eigenvalue weighted by molar-refractivity contribution is 6.00. The molecule has 0 bridgehead atoms. The number of nitrogens with one attached hydrogen (secondary N) is 3. The zero-order valence-electron chi connectivity index (χ0n) is 23.2. The molecule has 214 valence electrons. The van der Waals surface area contributed by atoms with Crippen LogP contribution in [0.4, 0.5) is 21.9 Å². The van der Waals surface area contributed by atoms with Crippen LogP contribution in [0, 0.1) is 6.92 Å². The van der Waals surface area contributed by atoms with Crippen molar-refractivity contribution in [3.8, 4) is 0 Å². The van der Waals surface area contributed by atoms with E-state index in [1.165, 1.54) is 4.90 Å². The number of carboxylic acids is 1. The molecule has 4 rings (SSSR count). The molecular weight excluding hydrogens is 532 g/mol. The fraction of sp³-hybridized carbons (Fsp3) is 0.152. The monoisotopic (exact) mass is 564 g/mol. The first-order valence-electron chi connectivity index (χ1n) is 13.4. The summed E-state index contributed by atoms with van der Waals surface area (Å²) in [5.74, 6) is -1.48. The molecule has 4 amide bonds. The van der Waals surface area contributed by atoms with Crippen LogP contribution in [-0.4, -0.2) is 40.4 Å². The maximum absolute atomic E-state index is 13.0. The summed E-state index contributed by atoms with van der Waals surface area (Å²) >= 11 is 0. The van der Waals surface area contributed by atoms with Gasteiger partial charge in [0.05, 0.1) is 12.8 Å². The molecule has 0 heterocycles. The minimum absolute atomic E-state index is 0.0536. The van der Waals surface area contributed by atoms with Crippen molar-refractivity contribution in [1.82, 2.24) is 4.90 Å². The molecular formula is C33H32N4O5. The summed E-state index contributed by atoms with van der Waals surface area (Å²) in [4.78, 5) is 50.8. The van der Waals surface area contributed by atoms with Gasteiger partial charge in [0.2, 0.25) is 5.91 Å². The van der Waals surface area contributed by atoms with Crippen molar-refractivity contribution in [1.29, 1.82) is 0 Å². The molecule has 4 aromatic rings. The molecule has 0 radical (unpaired) electrons. The van der Waals surface area contributed by atoms with Crippen molar-refractivity contribution < 1.29 is 24.3 Å². The third kappa shape index (κ3) is 8.79. The fourth-order valence-corrected chi connectivity index (χ4v) is 4.31. The number of nitrogens with zero attached hydrogens (tertiary/aromatic N) is 1. The number of carboxylic acid groups (broad SMARTS) is 1. The standard InChI is InChI=1S/C33H32N4O5/c1-23-8-5-6-13-29(23)36-33(42)35-27-16-14-24(15-17-27)21-30(38)34-28-12-7-9-25(20-28)22-37(19-18-31(39)40)32(41)26-10-3-2-4-11-26/h2-17,20H,18-19,21-22H2,1H3,(H,34,38)(H,39,40)(H2,35,36,42). The summed E-state index contributed by atoms with van der Waals surface area (Å²) in [6, 6.07) is 30.0. The van der Waals surface area contributed by atoms with E-state index in [0.717, 1.165) is 22.4 Å². The molecule has 0 spiro atoms. The minimum atomic E-state index is -0.990. The number of carbonyl (C=O) groups is 4. The third-order valence-electron chi connectivity index (χ3n) is 6.46. The van der Waals surface area contributed by atoms with Crippen molar-refractivity contribution in [3.63, 3.8) is 0 Å². The SMILES string of the molecule is Cc1ccccc1NC(=O)Nc1ccc(CC(=O)Nc2cccc(CN(CCC(=O)O)C(=O)c3ccccc3)c2)cc1. The van der Waals surface area contributed by atoms with Gasteiger partial charge < -0.3 is 26.0 Å². The first-order chi connectivity index (χ1) is 20.3. The maximum atomic E-state index is 13.0. The zero-order valence-corrected chi connectivity index (χ0v) is 23.2. The number of rotatable bonds is 11. The maximum Gasteiger partial charge on any atom is 0.323 e. The summed E-state index contributed by atoms with van der Waals surface area (Å²) in [6.07, 6.45) is -0.0577. The molecule has 0 aliphatic carbocycles. The van der Waals surface area contributed by atoms with E-state index in [2.05, 4.69) is 16.0 Å². The fourth-order valence-electron chi connectivity index (χ4n) is 4.31. The predicted octanol–water partition coefficient (Wildman–Crippen LogP) is 5.94. The topological polar surface area (TPSA) is 128 Å². The van der Waals surface area contributed by atoms with Gasteiger partial charge in [-0.15, -0.1) is 0 Å². The van der Waals surface area contributed by atoms with Crippen LogP contribution in [0.1, 0.15) is 33.5 Å². The molecule has 0 saturated carbocycles. The van der Waals surface area contributed by atoms with Crippen LogP contribution in [0.2, 0.25) is 0 Å². The van der Waals surface area contributed by atoms with Gasteiger partial charge in [-0.25, -0.2) is 4.79 Å². The van der Waals surface area contributed by atoms with E-state index in [9.17, 15) is 19.2 Å². The summed E-state index contributed by atoms with van der Waals surface area (Å²) in [7, 11) is 0. The normalized spacial score (nSPS) is 10.4. The van der Waals surface area contributed by atoms with Crippen molar-refractivity contribution in [2.24, 2.45) is 0 Å². The number of benzene rings is 4. The summed E-state index contributed by atoms with van der Waals surface area (Å²) in [6.45, 7) is 2.16. The number of aliphatic carboxylic acids is 1. The van der Waals surface area contributed by atoms with E-state index in [0.29, 0.717) is 16.9 Å². The van der Waals surface area contributed by atoms with Gasteiger partial charge in [-0.3, -0.25) is 14.4 Å².